The molecular weight excluding hydrogens is 262 g/mol. The molecule has 1 aliphatic rings. The summed E-state index contributed by atoms with van der Waals surface area (Å²) in [6.07, 6.45) is 6.52. The summed E-state index contributed by atoms with van der Waals surface area (Å²) in [5.74, 6) is 5.79. The number of nitrogens with zero attached hydrogens (tertiary/aromatic N) is 2. The van der Waals surface area contributed by atoms with Gasteiger partial charge in [-0.3, -0.25) is 9.78 Å². The molecule has 0 unspecified atom stereocenters. The molecule has 4 nitrogen and oxygen atoms in total. The lowest BCUT2D eigenvalue weighted by molar-refractivity contribution is 0.0757. The Hall–Kier alpha value is -1.86. The van der Waals surface area contributed by atoms with Gasteiger partial charge in [0.2, 0.25) is 0 Å². The van der Waals surface area contributed by atoms with Gasteiger partial charge in [-0.2, -0.15) is 0 Å². The average molecular weight is 285 g/mol. The number of pyridine rings is 1. The standard InChI is InChI=1S/C17H23N3O/c1-17(2)7-4-11-20(12-8-17)16(21)15-6-10-19-13-14(15)5-3-9-18/h6,10,13H,4,7-9,11-12,18H2,1-2H3. The Morgan fingerprint density at radius 3 is 3.00 bits per heavy atom. The molecule has 2 rings (SSSR count). The first-order chi connectivity index (χ1) is 10.0. The van der Waals surface area contributed by atoms with Crippen molar-refractivity contribution in [3.8, 4) is 11.8 Å². The number of carbonyl (C=O) groups is 1. The van der Waals surface area contributed by atoms with Crippen molar-refractivity contribution >= 4 is 5.91 Å². The highest BCUT2D eigenvalue weighted by molar-refractivity contribution is 5.96. The van der Waals surface area contributed by atoms with Crippen LogP contribution in [0.25, 0.3) is 0 Å². The van der Waals surface area contributed by atoms with E-state index in [2.05, 4.69) is 30.7 Å². The predicted molar refractivity (Wildman–Crippen MR) is 83.7 cm³/mol. The molecule has 0 spiro atoms. The fraction of sp³-hybridized carbons (Fsp3) is 0.529. The number of hydrogen-bond donors (Lipinski definition) is 1. The fourth-order valence-corrected chi connectivity index (χ4v) is 2.62. The molecule has 1 saturated heterocycles. The van der Waals surface area contributed by atoms with Crippen LogP contribution in [0, 0.1) is 17.3 Å². The maximum Gasteiger partial charge on any atom is 0.255 e. The molecule has 2 N–H and O–H groups in total. The number of aromatic nitrogens is 1. The van der Waals surface area contributed by atoms with Gasteiger partial charge < -0.3 is 10.6 Å². The largest absolute Gasteiger partial charge is 0.339 e. The Morgan fingerprint density at radius 2 is 2.24 bits per heavy atom. The molecule has 0 aliphatic carbocycles. The lowest BCUT2D eigenvalue weighted by Crippen LogP contribution is -2.33. The van der Waals surface area contributed by atoms with Crippen LogP contribution in [-0.4, -0.2) is 35.4 Å². The quantitative estimate of drug-likeness (QED) is 0.803. The average Bonchev–Trinajstić information content (AvgIpc) is 2.65. The predicted octanol–water partition coefficient (Wildman–Crippen LogP) is 2.04. The van der Waals surface area contributed by atoms with Gasteiger partial charge in [-0.05, 0) is 30.7 Å². The topological polar surface area (TPSA) is 59.2 Å². The van der Waals surface area contributed by atoms with Crippen LogP contribution in [0.2, 0.25) is 0 Å². The number of hydrogen-bond acceptors (Lipinski definition) is 3. The second kappa shape index (κ2) is 6.73. The van der Waals surface area contributed by atoms with Gasteiger partial charge in [0, 0.05) is 25.5 Å². The highest BCUT2D eigenvalue weighted by Crippen LogP contribution is 2.30. The van der Waals surface area contributed by atoms with Crippen LogP contribution in [0.15, 0.2) is 18.5 Å². The van der Waals surface area contributed by atoms with E-state index in [0.29, 0.717) is 16.5 Å². The Kier molecular flexibility index (Phi) is 4.98. The second-order valence-corrected chi connectivity index (χ2v) is 6.24. The van der Waals surface area contributed by atoms with E-state index in [1.807, 2.05) is 4.90 Å². The molecule has 1 fully saturated rings. The summed E-state index contributed by atoms with van der Waals surface area (Å²) in [5.41, 5.74) is 7.02. The van der Waals surface area contributed by atoms with E-state index in [9.17, 15) is 4.79 Å². The van der Waals surface area contributed by atoms with E-state index < -0.39 is 0 Å². The van der Waals surface area contributed by atoms with Gasteiger partial charge in [0.25, 0.3) is 5.91 Å². The SMILES string of the molecule is CC1(C)CCCN(C(=O)c2ccncc2C#CCN)CC1. The molecule has 0 bridgehead atoms. The normalized spacial score (nSPS) is 17.6. The van der Waals surface area contributed by atoms with Crippen LogP contribution in [0.5, 0.6) is 0 Å². The third-order valence-corrected chi connectivity index (χ3v) is 4.00. The van der Waals surface area contributed by atoms with Crippen molar-refractivity contribution in [2.75, 3.05) is 19.6 Å². The van der Waals surface area contributed by atoms with Crippen molar-refractivity contribution in [2.45, 2.75) is 33.1 Å². The molecule has 0 saturated carbocycles. The van der Waals surface area contributed by atoms with Gasteiger partial charge in [0.1, 0.15) is 0 Å². The smallest absolute Gasteiger partial charge is 0.255 e. The number of likely N-dealkylation sites (tertiary alicyclic amines) is 1. The van der Waals surface area contributed by atoms with E-state index in [0.717, 1.165) is 32.4 Å². The highest BCUT2D eigenvalue weighted by Gasteiger charge is 2.26. The number of nitrogens with two attached hydrogens (primary N) is 1. The van der Waals surface area contributed by atoms with Crippen molar-refractivity contribution in [2.24, 2.45) is 11.1 Å². The van der Waals surface area contributed by atoms with Crippen LogP contribution < -0.4 is 5.73 Å². The molecule has 21 heavy (non-hydrogen) atoms. The first kappa shape index (κ1) is 15.5. The maximum atomic E-state index is 12.7. The molecular formula is C17H23N3O. The summed E-state index contributed by atoms with van der Waals surface area (Å²) in [4.78, 5) is 18.7. The molecule has 2 heterocycles. The van der Waals surface area contributed by atoms with Crippen LogP contribution in [-0.2, 0) is 0 Å². The maximum absolute atomic E-state index is 12.7. The minimum atomic E-state index is 0.0522. The van der Waals surface area contributed by atoms with Gasteiger partial charge in [-0.15, -0.1) is 0 Å². The van der Waals surface area contributed by atoms with Crippen LogP contribution >= 0.6 is 0 Å². The summed E-state index contributed by atoms with van der Waals surface area (Å²) in [7, 11) is 0. The van der Waals surface area contributed by atoms with E-state index >= 15 is 0 Å². The summed E-state index contributed by atoms with van der Waals surface area (Å²) in [6.45, 7) is 6.43. The highest BCUT2D eigenvalue weighted by atomic mass is 16.2. The zero-order valence-corrected chi connectivity index (χ0v) is 12.9. The van der Waals surface area contributed by atoms with Crippen LogP contribution in [0.4, 0.5) is 0 Å². The van der Waals surface area contributed by atoms with E-state index in [1.165, 1.54) is 0 Å². The molecule has 0 radical (unpaired) electrons. The molecule has 1 aromatic rings. The van der Waals surface area contributed by atoms with E-state index in [-0.39, 0.29) is 12.5 Å². The first-order valence-electron chi connectivity index (χ1n) is 7.46. The number of amides is 1. The molecule has 0 atom stereocenters. The van der Waals surface area contributed by atoms with Crippen molar-refractivity contribution in [3.63, 3.8) is 0 Å². The molecule has 0 aromatic carbocycles. The zero-order chi connectivity index (χ0) is 15.3. The van der Waals surface area contributed by atoms with Gasteiger partial charge in [0.05, 0.1) is 17.7 Å². The summed E-state index contributed by atoms with van der Waals surface area (Å²) < 4.78 is 0. The Balaban J connectivity index is 2.20. The lowest BCUT2D eigenvalue weighted by atomic mass is 9.85. The van der Waals surface area contributed by atoms with Gasteiger partial charge in [-0.1, -0.05) is 25.7 Å². The number of rotatable bonds is 1. The molecule has 4 heteroatoms. The monoisotopic (exact) mass is 285 g/mol. The molecule has 1 aromatic heterocycles. The molecule has 1 aliphatic heterocycles. The third kappa shape index (κ3) is 4.05. The summed E-state index contributed by atoms with van der Waals surface area (Å²) in [6, 6.07) is 1.75. The zero-order valence-electron chi connectivity index (χ0n) is 12.9. The fourth-order valence-electron chi connectivity index (χ4n) is 2.62. The number of carbonyl (C=O) groups excluding carboxylic acids is 1. The minimum absolute atomic E-state index is 0.0522. The lowest BCUT2D eigenvalue weighted by Gasteiger charge is -2.23. The van der Waals surface area contributed by atoms with Crippen LogP contribution in [0.1, 0.15) is 49.0 Å². The first-order valence-corrected chi connectivity index (χ1v) is 7.46. The van der Waals surface area contributed by atoms with Crippen molar-refractivity contribution in [1.82, 2.24) is 9.88 Å². The Bertz CT molecular complexity index is 569. The van der Waals surface area contributed by atoms with Gasteiger partial charge in [-0.25, -0.2) is 0 Å². The molecule has 1 amide bonds. The Labute approximate surface area is 126 Å². The van der Waals surface area contributed by atoms with Gasteiger partial charge in [0.15, 0.2) is 0 Å². The second-order valence-electron chi connectivity index (χ2n) is 6.24. The van der Waals surface area contributed by atoms with E-state index in [4.69, 9.17) is 5.73 Å². The van der Waals surface area contributed by atoms with Crippen molar-refractivity contribution in [1.29, 1.82) is 0 Å². The third-order valence-electron chi connectivity index (χ3n) is 4.00. The summed E-state index contributed by atoms with van der Waals surface area (Å²) >= 11 is 0. The minimum Gasteiger partial charge on any atom is -0.339 e. The van der Waals surface area contributed by atoms with E-state index in [1.54, 1.807) is 18.5 Å². The van der Waals surface area contributed by atoms with Crippen molar-refractivity contribution < 1.29 is 4.79 Å². The molecule has 112 valence electrons. The summed E-state index contributed by atoms with van der Waals surface area (Å²) in [5, 5.41) is 0. The Morgan fingerprint density at radius 1 is 1.43 bits per heavy atom. The van der Waals surface area contributed by atoms with Crippen LogP contribution in [0.3, 0.4) is 0 Å². The van der Waals surface area contributed by atoms with Gasteiger partial charge >= 0.3 is 0 Å². The van der Waals surface area contributed by atoms with Crippen molar-refractivity contribution in [3.05, 3.63) is 29.6 Å².